The number of nitriles is 1. The van der Waals surface area contributed by atoms with E-state index in [1.54, 1.807) is 61.5 Å². The van der Waals surface area contributed by atoms with Crippen molar-refractivity contribution in [1.29, 1.82) is 5.26 Å². The van der Waals surface area contributed by atoms with E-state index >= 15 is 0 Å². The fourth-order valence-electron chi connectivity index (χ4n) is 2.18. The number of hydrogen-bond donors (Lipinski definition) is 0. The molecule has 1 unspecified atom stereocenters. The van der Waals surface area contributed by atoms with Crippen LogP contribution >= 0.6 is 0 Å². The van der Waals surface area contributed by atoms with Crippen molar-refractivity contribution in [3.05, 3.63) is 71.8 Å². The zero-order valence-corrected chi connectivity index (χ0v) is 13.3. The van der Waals surface area contributed by atoms with E-state index in [2.05, 4.69) is 0 Å². The molecule has 0 heterocycles. The van der Waals surface area contributed by atoms with Crippen molar-refractivity contribution in [2.24, 2.45) is 0 Å². The standard InChI is InChI=1S/C19H17NO4/c1-2-23-18(22)19(14-20,13-15-9-5-3-6-10-15)24-17(21)16-11-7-4-8-12-16/h3-12H,2,13H2,1H3. The van der Waals surface area contributed by atoms with E-state index in [9.17, 15) is 14.9 Å². The lowest BCUT2D eigenvalue weighted by molar-refractivity contribution is -0.159. The van der Waals surface area contributed by atoms with Gasteiger partial charge in [-0.25, -0.2) is 9.59 Å². The molecule has 0 saturated carbocycles. The third kappa shape index (κ3) is 3.99. The first-order chi connectivity index (χ1) is 11.6. The summed E-state index contributed by atoms with van der Waals surface area (Å²) in [6.45, 7) is 1.71. The summed E-state index contributed by atoms with van der Waals surface area (Å²) in [4.78, 5) is 24.7. The summed E-state index contributed by atoms with van der Waals surface area (Å²) in [5.41, 5.74) is -1.08. The first kappa shape index (κ1) is 17.2. The van der Waals surface area contributed by atoms with Gasteiger partial charge < -0.3 is 9.47 Å². The van der Waals surface area contributed by atoms with Crippen molar-refractivity contribution in [1.82, 2.24) is 0 Å². The molecule has 0 saturated heterocycles. The molecule has 122 valence electrons. The van der Waals surface area contributed by atoms with Crippen molar-refractivity contribution in [3.63, 3.8) is 0 Å². The fourth-order valence-corrected chi connectivity index (χ4v) is 2.18. The third-order valence-corrected chi connectivity index (χ3v) is 3.36. The Balaban J connectivity index is 2.33. The van der Waals surface area contributed by atoms with E-state index in [0.29, 0.717) is 5.56 Å². The molecule has 1 atom stereocenters. The number of esters is 2. The van der Waals surface area contributed by atoms with E-state index in [0.717, 1.165) is 0 Å². The largest absolute Gasteiger partial charge is 0.462 e. The maximum atomic E-state index is 12.3. The van der Waals surface area contributed by atoms with Crippen LogP contribution in [-0.4, -0.2) is 24.1 Å². The highest BCUT2D eigenvalue weighted by molar-refractivity contribution is 5.94. The summed E-state index contributed by atoms with van der Waals surface area (Å²) in [6.07, 6.45) is -0.0816. The van der Waals surface area contributed by atoms with E-state index < -0.39 is 17.5 Å². The molecule has 0 aliphatic carbocycles. The number of rotatable bonds is 6. The van der Waals surface area contributed by atoms with Crippen LogP contribution in [0.2, 0.25) is 0 Å². The van der Waals surface area contributed by atoms with Gasteiger partial charge in [0.15, 0.2) is 0 Å². The molecule has 0 aliphatic heterocycles. The summed E-state index contributed by atoms with van der Waals surface area (Å²) >= 11 is 0. The number of carbonyl (C=O) groups excluding carboxylic acids is 2. The number of carbonyl (C=O) groups is 2. The van der Waals surface area contributed by atoms with Crippen molar-refractivity contribution in [3.8, 4) is 6.07 Å². The molecular formula is C19H17NO4. The first-order valence-electron chi connectivity index (χ1n) is 7.52. The molecule has 0 aromatic heterocycles. The van der Waals surface area contributed by atoms with Crippen LogP contribution < -0.4 is 0 Å². The molecule has 2 rings (SSSR count). The molecule has 0 N–H and O–H groups in total. The van der Waals surface area contributed by atoms with Gasteiger partial charge in [-0.1, -0.05) is 48.5 Å². The zero-order chi connectivity index (χ0) is 17.4. The van der Waals surface area contributed by atoms with Gasteiger partial charge in [-0.05, 0) is 24.6 Å². The second kappa shape index (κ2) is 7.93. The van der Waals surface area contributed by atoms with Crippen LogP contribution in [0.5, 0.6) is 0 Å². The van der Waals surface area contributed by atoms with Crippen molar-refractivity contribution in [2.45, 2.75) is 18.9 Å². The normalized spacial score (nSPS) is 12.5. The van der Waals surface area contributed by atoms with E-state index in [1.807, 2.05) is 12.1 Å². The van der Waals surface area contributed by atoms with Crippen LogP contribution in [0.4, 0.5) is 0 Å². The quantitative estimate of drug-likeness (QED) is 0.764. The summed E-state index contributed by atoms with van der Waals surface area (Å²) < 4.78 is 10.3. The smallest absolute Gasteiger partial charge is 0.366 e. The Hall–Kier alpha value is -3.13. The van der Waals surface area contributed by atoms with Crippen LogP contribution in [0, 0.1) is 11.3 Å². The molecule has 0 aliphatic rings. The van der Waals surface area contributed by atoms with Crippen LogP contribution in [0.25, 0.3) is 0 Å². The van der Waals surface area contributed by atoms with Gasteiger partial charge in [0.25, 0.3) is 5.60 Å². The molecule has 0 fully saturated rings. The predicted molar refractivity (Wildman–Crippen MR) is 87.0 cm³/mol. The second-order valence-corrected chi connectivity index (χ2v) is 5.08. The zero-order valence-electron chi connectivity index (χ0n) is 13.3. The number of nitrogens with zero attached hydrogens (tertiary/aromatic N) is 1. The van der Waals surface area contributed by atoms with Gasteiger partial charge in [-0.2, -0.15) is 5.26 Å². The monoisotopic (exact) mass is 323 g/mol. The average Bonchev–Trinajstić information content (AvgIpc) is 2.62. The van der Waals surface area contributed by atoms with Crippen LogP contribution in [0.1, 0.15) is 22.8 Å². The Morgan fingerprint density at radius 2 is 1.62 bits per heavy atom. The lowest BCUT2D eigenvalue weighted by Crippen LogP contribution is -2.45. The van der Waals surface area contributed by atoms with Crippen LogP contribution in [0.15, 0.2) is 60.7 Å². The highest BCUT2D eigenvalue weighted by Crippen LogP contribution is 2.22. The topological polar surface area (TPSA) is 76.4 Å². The molecule has 0 bridgehead atoms. The minimum atomic E-state index is -2.02. The molecular weight excluding hydrogens is 306 g/mol. The Bertz CT molecular complexity index is 737. The van der Waals surface area contributed by atoms with Gasteiger partial charge in [0.05, 0.1) is 12.2 Å². The molecule has 24 heavy (non-hydrogen) atoms. The van der Waals surface area contributed by atoms with Crippen molar-refractivity contribution in [2.75, 3.05) is 6.61 Å². The number of benzene rings is 2. The van der Waals surface area contributed by atoms with Gasteiger partial charge in [0.2, 0.25) is 0 Å². The van der Waals surface area contributed by atoms with E-state index in [1.165, 1.54) is 0 Å². The summed E-state index contributed by atoms with van der Waals surface area (Å²) in [7, 11) is 0. The van der Waals surface area contributed by atoms with Gasteiger partial charge >= 0.3 is 11.9 Å². The molecule has 5 nitrogen and oxygen atoms in total. The predicted octanol–water partition coefficient (Wildman–Crippen LogP) is 2.91. The molecule has 0 spiro atoms. The summed E-state index contributed by atoms with van der Waals surface area (Å²) in [5, 5.41) is 9.60. The number of ether oxygens (including phenoxy) is 2. The molecule has 5 heteroatoms. The minimum Gasteiger partial charge on any atom is -0.462 e. The highest BCUT2D eigenvalue weighted by atomic mass is 16.6. The molecule has 0 radical (unpaired) electrons. The Morgan fingerprint density at radius 1 is 1.04 bits per heavy atom. The number of hydrogen-bond acceptors (Lipinski definition) is 5. The summed E-state index contributed by atoms with van der Waals surface area (Å²) in [5.74, 6) is -1.62. The van der Waals surface area contributed by atoms with Crippen LogP contribution in [0.3, 0.4) is 0 Å². The SMILES string of the molecule is CCOC(=O)C(C#N)(Cc1ccccc1)OC(=O)c1ccccc1. The molecule has 2 aromatic carbocycles. The van der Waals surface area contributed by atoms with Gasteiger partial charge in [-0.3, -0.25) is 0 Å². The second-order valence-electron chi connectivity index (χ2n) is 5.08. The average molecular weight is 323 g/mol. The Morgan fingerprint density at radius 3 is 2.17 bits per heavy atom. The lowest BCUT2D eigenvalue weighted by Gasteiger charge is -2.24. The van der Waals surface area contributed by atoms with Gasteiger partial charge in [0, 0.05) is 6.42 Å². The van der Waals surface area contributed by atoms with Crippen molar-refractivity contribution < 1.29 is 19.1 Å². The Labute approximate surface area is 140 Å². The van der Waals surface area contributed by atoms with Crippen LogP contribution in [-0.2, 0) is 20.7 Å². The minimum absolute atomic E-state index is 0.0816. The molecule has 2 aromatic rings. The summed E-state index contributed by atoms with van der Waals surface area (Å²) in [6, 6.07) is 18.9. The van der Waals surface area contributed by atoms with E-state index in [4.69, 9.17) is 9.47 Å². The van der Waals surface area contributed by atoms with Gasteiger partial charge in [-0.15, -0.1) is 0 Å². The first-order valence-corrected chi connectivity index (χ1v) is 7.52. The van der Waals surface area contributed by atoms with Gasteiger partial charge in [0.1, 0.15) is 6.07 Å². The lowest BCUT2D eigenvalue weighted by atomic mass is 9.95. The third-order valence-electron chi connectivity index (χ3n) is 3.36. The molecule has 0 amide bonds. The maximum Gasteiger partial charge on any atom is 0.366 e. The Kier molecular flexibility index (Phi) is 5.69. The highest BCUT2D eigenvalue weighted by Gasteiger charge is 2.45. The fraction of sp³-hybridized carbons (Fsp3) is 0.211. The van der Waals surface area contributed by atoms with E-state index in [-0.39, 0.29) is 18.6 Å². The maximum absolute atomic E-state index is 12.3. The van der Waals surface area contributed by atoms with Crippen molar-refractivity contribution >= 4 is 11.9 Å².